The highest BCUT2D eigenvalue weighted by molar-refractivity contribution is 5.94. The van der Waals surface area contributed by atoms with Gasteiger partial charge in [-0.1, -0.05) is 19.1 Å². The summed E-state index contributed by atoms with van der Waals surface area (Å²) < 4.78 is 0. The van der Waals surface area contributed by atoms with Gasteiger partial charge in [0.15, 0.2) is 0 Å². The quantitative estimate of drug-likeness (QED) is 0.671. The van der Waals surface area contributed by atoms with E-state index >= 15 is 0 Å². The standard InChI is InChI=1S/C10H12N2/c1-2-8-7-11-9-5-3-4-6-10(9)12-8/h3-6,11H,2,7H2,1H3. The highest BCUT2D eigenvalue weighted by Gasteiger charge is 2.07. The smallest absolute Gasteiger partial charge is 0.0861 e. The molecule has 0 aromatic heterocycles. The number of hydrogen-bond acceptors (Lipinski definition) is 2. The first-order valence-corrected chi connectivity index (χ1v) is 4.29. The Kier molecular flexibility index (Phi) is 1.82. The fraction of sp³-hybridized carbons (Fsp3) is 0.300. The molecule has 0 aliphatic carbocycles. The van der Waals surface area contributed by atoms with E-state index < -0.39 is 0 Å². The van der Waals surface area contributed by atoms with Gasteiger partial charge in [0.05, 0.1) is 17.9 Å². The maximum atomic E-state index is 4.52. The van der Waals surface area contributed by atoms with Crippen LogP contribution in [0.1, 0.15) is 13.3 Å². The third-order valence-corrected chi connectivity index (χ3v) is 2.07. The van der Waals surface area contributed by atoms with Gasteiger partial charge in [0.25, 0.3) is 0 Å². The molecule has 2 nitrogen and oxygen atoms in total. The van der Waals surface area contributed by atoms with Crippen molar-refractivity contribution in [2.75, 3.05) is 11.9 Å². The van der Waals surface area contributed by atoms with E-state index in [9.17, 15) is 0 Å². The maximum absolute atomic E-state index is 4.52. The average Bonchev–Trinajstić information content (AvgIpc) is 2.17. The zero-order chi connectivity index (χ0) is 8.39. The molecule has 0 spiro atoms. The van der Waals surface area contributed by atoms with Crippen molar-refractivity contribution >= 4 is 17.1 Å². The van der Waals surface area contributed by atoms with Gasteiger partial charge in [-0.15, -0.1) is 0 Å². The lowest BCUT2D eigenvalue weighted by Crippen LogP contribution is -2.16. The van der Waals surface area contributed by atoms with Crippen molar-refractivity contribution in [3.8, 4) is 0 Å². The molecule has 1 aromatic rings. The Morgan fingerprint density at radius 3 is 3.08 bits per heavy atom. The summed E-state index contributed by atoms with van der Waals surface area (Å²) >= 11 is 0. The molecule has 2 rings (SSSR count). The highest BCUT2D eigenvalue weighted by Crippen LogP contribution is 2.27. The van der Waals surface area contributed by atoms with Crippen molar-refractivity contribution in [2.45, 2.75) is 13.3 Å². The first kappa shape index (κ1) is 7.35. The Bertz CT molecular complexity index is 315. The number of nitrogens with zero attached hydrogens (tertiary/aromatic N) is 1. The van der Waals surface area contributed by atoms with E-state index in [1.165, 1.54) is 5.71 Å². The lowest BCUT2D eigenvalue weighted by atomic mass is 10.2. The van der Waals surface area contributed by atoms with E-state index in [0.717, 1.165) is 24.3 Å². The van der Waals surface area contributed by atoms with E-state index in [-0.39, 0.29) is 0 Å². The van der Waals surface area contributed by atoms with Crippen molar-refractivity contribution in [1.29, 1.82) is 0 Å². The molecule has 0 saturated carbocycles. The SMILES string of the molecule is CCC1=Nc2ccccc2NC1. The lowest BCUT2D eigenvalue weighted by molar-refractivity contribution is 1.18. The molecule has 1 aliphatic rings. The van der Waals surface area contributed by atoms with E-state index in [0.29, 0.717) is 0 Å². The van der Waals surface area contributed by atoms with Crippen molar-refractivity contribution in [1.82, 2.24) is 0 Å². The van der Waals surface area contributed by atoms with Gasteiger partial charge in [0.2, 0.25) is 0 Å². The Morgan fingerprint density at radius 2 is 2.25 bits per heavy atom. The molecule has 1 N–H and O–H groups in total. The second-order valence-corrected chi connectivity index (χ2v) is 2.90. The average molecular weight is 160 g/mol. The topological polar surface area (TPSA) is 24.4 Å². The van der Waals surface area contributed by atoms with Gasteiger partial charge in [-0.3, -0.25) is 4.99 Å². The van der Waals surface area contributed by atoms with Crippen LogP contribution in [-0.4, -0.2) is 12.3 Å². The predicted molar refractivity (Wildman–Crippen MR) is 52.3 cm³/mol. The molecule has 1 heterocycles. The Morgan fingerprint density at radius 1 is 1.42 bits per heavy atom. The molecule has 0 amide bonds. The van der Waals surface area contributed by atoms with Gasteiger partial charge in [-0.25, -0.2) is 0 Å². The summed E-state index contributed by atoms with van der Waals surface area (Å²) in [6.07, 6.45) is 1.03. The third kappa shape index (κ3) is 1.20. The van der Waals surface area contributed by atoms with Gasteiger partial charge in [-0.05, 0) is 18.6 Å². The minimum Gasteiger partial charge on any atom is -0.378 e. The maximum Gasteiger partial charge on any atom is 0.0861 e. The van der Waals surface area contributed by atoms with E-state index in [1.807, 2.05) is 18.2 Å². The second kappa shape index (κ2) is 2.97. The Balaban J connectivity index is 2.41. The fourth-order valence-electron chi connectivity index (χ4n) is 1.33. The molecule has 0 unspecified atom stereocenters. The largest absolute Gasteiger partial charge is 0.378 e. The minimum atomic E-state index is 0.896. The van der Waals surface area contributed by atoms with Gasteiger partial charge in [0.1, 0.15) is 0 Å². The van der Waals surface area contributed by atoms with E-state index in [4.69, 9.17) is 0 Å². The molecule has 0 bridgehead atoms. The lowest BCUT2D eigenvalue weighted by Gasteiger charge is -2.16. The summed E-state index contributed by atoms with van der Waals surface area (Å²) in [5.74, 6) is 0. The third-order valence-electron chi connectivity index (χ3n) is 2.07. The van der Waals surface area contributed by atoms with Gasteiger partial charge < -0.3 is 5.32 Å². The fourth-order valence-corrected chi connectivity index (χ4v) is 1.33. The van der Waals surface area contributed by atoms with Crippen LogP contribution in [0.4, 0.5) is 11.4 Å². The molecule has 0 atom stereocenters. The molecule has 0 radical (unpaired) electrons. The van der Waals surface area contributed by atoms with Crippen molar-refractivity contribution in [3.63, 3.8) is 0 Å². The molecule has 2 heteroatoms. The number of anilines is 1. The Labute approximate surface area is 72.3 Å². The number of rotatable bonds is 1. The molecule has 12 heavy (non-hydrogen) atoms. The number of aliphatic imine (C=N–C) groups is 1. The van der Waals surface area contributed by atoms with Crippen LogP contribution in [0.25, 0.3) is 0 Å². The number of para-hydroxylation sites is 2. The van der Waals surface area contributed by atoms with Crippen LogP contribution in [0.5, 0.6) is 0 Å². The number of hydrogen-bond donors (Lipinski definition) is 1. The molecule has 1 aliphatic heterocycles. The summed E-state index contributed by atoms with van der Waals surface area (Å²) in [6.45, 7) is 3.03. The number of nitrogens with one attached hydrogen (secondary N) is 1. The summed E-state index contributed by atoms with van der Waals surface area (Å²) in [6, 6.07) is 8.14. The van der Waals surface area contributed by atoms with Crippen LogP contribution in [0.15, 0.2) is 29.3 Å². The van der Waals surface area contributed by atoms with E-state index in [1.54, 1.807) is 0 Å². The molecular formula is C10H12N2. The molecule has 62 valence electrons. The van der Waals surface area contributed by atoms with Crippen LogP contribution < -0.4 is 5.32 Å². The zero-order valence-corrected chi connectivity index (χ0v) is 7.17. The Hall–Kier alpha value is -1.31. The molecule has 1 aromatic carbocycles. The first-order chi connectivity index (χ1) is 5.90. The number of fused-ring (bicyclic) bond motifs is 1. The van der Waals surface area contributed by atoms with Crippen molar-refractivity contribution < 1.29 is 0 Å². The summed E-state index contributed by atoms with van der Waals surface area (Å²) in [5, 5.41) is 3.33. The van der Waals surface area contributed by atoms with E-state index in [2.05, 4.69) is 23.3 Å². The summed E-state index contributed by atoms with van der Waals surface area (Å²) in [5.41, 5.74) is 3.45. The van der Waals surface area contributed by atoms with Gasteiger partial charge in [-0.2, -0.15) is 0 Å². The van der Waals surface area contributed by atoms with Crippen LogP contribution >= 0.6 is 0 Å². The van der Waals surface area contributed by atoms with Gasteiger partial charge in [0, 0.05) is 5.71 Å². The molecular weight excluding hydrogens is 148 g/mol. The zero-order valence-electron chi connectivity index (χ0n) is 7.17. The van der Waals surface area contributed by atoms with Crippen LogP contribution in [0.3, 0.4) is 0 Å². The highest BCUT2D eigenvalue weighted by atomic mass is 15.0. The normalized spacial score (nSPS) is 14.6. The second-order valence-electron chi connectivity index (χ2n) is 2.90. The predicted octanol–water partition coefficient (Wildman–Crippen LogP) is 2.59. The van der Waals surface area contributed by atoms with Crippen molar-refractivity contribution in [3.05, 3.63) is 24.3 Å². The molecule has 0 saturated heterocycles. The minimum absolute atomic E-state index is 0.896. The monoisotopic (exact) mass is 160 g/mol. The van der Waals surface area contributed by atoms with Crippen molar-refractivity contribution in [2.24, 2.45) is 4.99 Å². The van der Waals surface area contributed by atoms with Crippen LogP contribution in [-0.2, 0) is 0 Å². The van der Waals surface area contributed by atoms with Gasteiger partial charge >= 0.3 is 0 Å². The first-order valence-electron chi connectivity index (χ1n) is 4.29. The molecule has 0 fully saturated rings. The van der Waals surface area contributed by atoms with Crippen LogP contribution in [0.2, 0.25) is 0 Å². The summed E-state index contributed by atoms with van der Waals surface area (Å²) in [7, 11) is 0. The summed E-state index contributed by atoms with van der Waals surface area (Å²) in [4.78, 5) is 4.52. The number of benzene rings is 1. The van der Waals surface area contributed by atoms with Crippen LogP contribution in [0, 0.1) is 0 Å².